The second-order valence-corrected chi connectivity index (χ2v) is 5.99. The topological polar surface area (TPSA) is 63.7 Å². The largest absolute Gasteiger partial charge is 0.494 e. The van der Waals surface area contributed by atoms with Gasteiger partial charge in [-0.1, -0.05) is 25.5 Å². The minimum atomic E-state index is 0.554. The lowest BCUT2D eigenvalue weighted by Crippen LogP contribution is -2.05. The molecule has 5 nitrogen and oxygen atoms in total. The van der Waals surface area contributed by atoms with E-state index in [0.29, 0.717) is 18.0 Å². The van der Waals surface area contributed by atoms with Gasteiger partial charge in [-0.25, -0.2) is 0 Å². The molecule has 124 valence electrons. The molecule has 0 atom stereocenters. The summed E-state index contributed by atoms with van der Waals surface area (Å²) in [5.41, 5.74) is 1.51. The van der Waals surface area contributed by atoms with E-state index in [0.717, 1.165) is 49.4 Å². The first-order chi connectivity index (χ1) is 11.8. The van der Waals surface area contributed by atoms with E-state index < -0.39 is 0 Å². The highest BCUT2D eigenvalue weighted by molar-refractivity contribution is 5.87. The van der Waals surface area contributed by atoms with E-state index >= 15 is 0 Å². The van der Waals surface area contributed by atoms with Crippen molar-refractivity contribution in [2.45, 2.75) is 45.6 Å². The van der Waals surface area contributed by atoms with E-state index in [9.17, 15) is 5.26 Å². The number of aromatic nitrogens is 3. The highest BCUT2D eigenvalue weighted by atomic mass is 16.5. The van der Waals surface area contributed by atoms with Gasteiger partial charge in [0, 0.05) is 13.0 Å². The molecule has 0 radical (unpaired) electrons. The summed E-state index contributed by atoms with van der Waals surface area (Å²) >= 11 is 0. The Morgan fingerprint density at radius 1 is 1.25 bits per heavy atom. The van der Waals surface area contributed by atoms with Gasteiger partial charge in [0.1, 0.15) is 17.6 Å². The maximum absolute atomic E-state index is 9.58. The fourth-order valence-electron chi connectivity index (χ4n) is 2.88. The summed E-state index contributed by atoms with van der Waals surface area (Å²) in [5.74, 6) is 2.52. The highest BCUT2D eigenvalue weighted by Crippen LogP contribution is 2.22. The van der Waals surface area contributed by atoms with Crippen LogP contribution in [-0.2, 0) is 13.0 Å². The maximum atomic E-state index is 9.58. The smallest absolute Gasteiger partial charge is 0.174 e. The first-order valence-corrected chi connectivity index (χ1v) is 8.59. The SMILES string of the molecule is CCCOc1ccc(/C=C(\C#N)c2nnc3n2CCCCC3)cc1. The van der Waals surface area contributed by atoms with E-state index in [4.69, 9.17) is 4.74 Å². The minimum absolute atomic E-state index is 0.554. The van der Waals surface area contributed by atoms with Gasteiger partial charge >= 0.3 is 0 Å². The molecular formula is C19H22N4O. The van der Waals surface area contributed by atoms with Gasteiger partial charge in [0.2, 0.25) is 0 Å². The van der Waals surface area contributed by atoms with Gasteiger partial charge in [-0.2, -0.15) is 5.26 Å². The third-order valence-corrected chi connectivity index (χ3v) is 4.13. The van der Waals surface area contributed by atoms with Crippen molar-refractivity contribution in [1.29, 1.82) is 5.26 Å². The Morgan fingerprint density at radius 2 is 2.08 bits per heavy atom. The van der Waals surface area contributed by atoms with Gasteiger partial charge < -0.3 is 9.30 Å². The van der Waals surface area contributed by atoms with E-state index in [2.05, 4.69) is 27.8 Å². The van der Waals surface area contributed by atoms with Crippen molar-refractivity contribution < 1.29 is 4.74 Å². The normalized spacial score (nSPS) is 14.6. The monoisotopic (exact) mass is 322 g/mol. The molecule has 1 aromatic heterocycles. The Balaban J connectivity index is 1.85. The molecule has 0 saturated heterocycles. The third kappa shape index (κ3) is 3.65. The number of hydrogen-bond acceptors (Lipinski definition) is 4. The lowest BCUT2D eigenvalue weighted by atomic mass is 10.1. The summed E-state index contributed by atoms with van der Waals surface area (Å²) in [6.07, 6.45) is 7.25. The van der Waals surface area contributed by atoms with Crippen LogP contribution in [0.15, 0.2) is 24.3 Å². The minimum Gasteiger partial charge on any atom is -0.494 e. The van der Waals surface area contributed by atoms with Crippen molar-refractivity contribution >= 4 is 11.6 Å². The molecule has 0 N–H and O–H groups in total. The van der Waals surface area contributed by atoms with Gasteiger partial charge in [0.15, 0.2) is 5.82 Å². The van der Waals surface area contributed by atoms with Crippen LogP contribution in [0.3, 0.4) is 0 Å². The molecule has 1 aliphatic rings. The fourth-order valence-corrected chi connectivity index (χ4v) is 2.88. The predicted molar refractivity (Wildman–Crippen MR) is 93.3 cm³/mol. The zero-order valence-electron chi connectivity index (χ0n) is 14.0. The Bertz CT molecular complexity index is 753. The molecule has 0 aliphatic carbocycles. The van der Waals surface area contributed by atoms with Crippen molar-refractivity contribution in [3.05, 3.63) is 41.5 Å². The number of nitrogens with zero attached hydrogens (tertiary/aromatic N) is 4. The lowest BCUT2D eigenvalue weighted by molar-refractivity contribution is 0.317. The summed E-state index contributed by atoms with van der Waals surface area (Å²) < 4.78 is 7.69. The van der Waals surface area contributed by atoms with Crippen LogP contribution in [0, 0.1) is 11.3 Å². The van der Waals surface area contributed by atoms with Crippen LogP contribution < -0.4 is 4.74 Å². The predicted octanol–water partition coefficient (Wildman–Crippen LogP) is 3.86. The van der Waals surface area contributed by atoms with E-state index in [1.807, 2.05) is 30.3 Å². The molecule has 0 fully saturated rings. The average Bonchev–Trinajstić information content (AvgIpc) is 2.86. The number of benzene rings is 1. The van der Waals surface area contributed by atoms with E-state index in [1.54, 1.807) is 0 Å². The van der Waals surface area contributed by atoms with Gasteiger partial charge in [0.25, 0.3) is 0 Å². The molecule has 0 saturated carbocycles. The Labute approximate surface area is 142 Å². The molecule has 0 unspecified atom stereocenters. The molecular weight excluding hydrogens is 300 g/mol. The molecule has 24 heavy (non-hydrogen) atoms. The first-order valence-electron chi connectivity index (χ1n) is 8.59. The summed E-state index contributed by atoms with van der Waals surface area (Å²) in [4.78, 5) is 0. The van der Waals surface area contributed by atoms with Crippen LogP contribution in [0.2, 0.25) is 0 Å². The van der Waals surface area contributed by atoms with Crippen molar-refractivity contribution in [2.24, 2.45) is 0 Å². The highest BCUT2D eigenvalue weighted by Gasteiger charge is 2.17. The second-order valence-electron chi connectivity index (χ2n) is 5.99. The summed E-state index contributed by atoms with van der Waals surface area (Å²) in [6.45, 7) is 3.68. The number of allylic oxidation sites excluding steroid dienone is 1. The second kappa shape index (κ2) is 7.78. The van der Waals surface area contributed by atoms with Gasteiger partial charge in [-0.05, 0) is 43.0 Å². The summed E-state index contributed by atoms with van der Waals surface area (Å²) in [6, 6.07) is 10.1. The van der Waals surface area contributed by atoms with Crippen molar-refractivity contribution in [3.63, 3.8) is 0 Å². The number of ether oxygens (including phenoxy) is 1. The van der Waals surface area contributed by atoms with Crippen LogP contribution in [0.1, 0.15) is 49.8 Å². The van der Waals surface area contributed by atoms with E-state index in [1.165, 1.54) is 6.42 Å². The Hall–Kier alpha value is -2.61. The molecule has 0 spiro atoms. The quantitative estimate of drug-likeness (QED) is 0.784. The average molecular weight is 322 g/mol. The van der Waals surface area contributed by atoms with Gasteiger partial charge in [-0.3, -0.25) is 0 Å². The molecule has 5 heteroatoms. The van der Waals surface area contributed by atoms with Crippen molar-refractivity contribution in [1.82, 2.24) is 14.8 Å². The number of rotatable bonds is 5. The zero-order valence-corrected chi connectivity index (χ0v) is 14.0. The van der Waals surface area contributed by atoms with Gasteiger partial charge in [-0.15, -0.1) is 10.2 Å². The summed E-state index contributed by atoms with van der Waals surface area (Å²) in [7, 11) is 0. The van der Waals surface area contributed by atoms with Crippen LogP contribution in [0.5, 0.6) is 5.75 Å². The van der Waals surface area contributed by atoms with Crippen LogP contribution >= 0.6 is 0 Å². The lowest BCUT2D eigenvalue weighted by Gasteiger charge is -2.06. The molecule has 2 heterocycles. The molecule has 3 rings (SSSR count). The molecule has 2 aromatic rings. The van der Waals surface area contributed by atoms with Crippen molar-refractivity contribution in [3.8, 4) is 11.8 Å². The third-order valence-electron chi connectivity index (χ3n) is 4.13. The van der Waals surface area contributed by atoms with E-state index in [-0.39, 0.29) is 0 Å². The molecule has 0 amide bonds. The first kappa shape index (κ1) is 16.3. The standard InChI is InChI=1S/C19H22N4O/c1-2-12-24-17-9-7-15(8-10-17)13-16(14-20)19-22-21-18-6-4-3-5-11-23(18)19/h7-10,13H,2-6,11-12H2,1H3/b16-13+. The molecule has 0 bridgehead atoms. The number of fused-ring (bicyclic) bond motifs is 1. The van der Waals surface area contributed by atoms with Crippen LogP contribution in [0.4, 0.5) is 0 Å². The van der Waals surface area contributed by atoms with Gasteiger partial charge in [0.05, 0.1) is 12.2 Å². The Morgan fingerprint density at radius 3 is 2.83 bits per heavy atom. The van der Waals surface area contributed by atoms with Crippen LogP contribution in [-0.4, -0.2) is 21.4 Å². The maximum Gasteiger partial charge on any atom is 0.174 e. The molecule has 1 aliphatic heterocycles. The Kier molecular flexibility index (Phi) is 5.27. The number of hydrogen-bond donors (Lipinski definition) is 0. The summed E-state index contributed by atoms with van der Waals surface area (Å²) in [5, 5.41) is 18.1. The van der Waals surface area contributed by atoms with Crippen LogP contribution in [0.25, 0.3) is 11.6 Å². The zero-order chi connectivity index (χ0) is 16.8. The number of nitriles is 1. The number of aryl methyl sites for hydroxylation is 1. The fraction of sp³-hybridized carbons (Fsp3) is 0.421. The van der Waals surface area contributed by atoms with Crippen molar-refractivity contribution in [2.75, 3.05) is 6.61 Å². The molecule has 1 aromatic carbocycles.